The number of nitro groups is 1. The molecule has 1 heterocycles. The Hall–Kier alpha value is -6.97. The zero-order valence-corrected chi connectivity index (χ0v) is 31.3. The van der Waals surface area contributed by atoms with Gasteiger partial charge in [0.05, 0.1) is 53.1 Å². The number of Topliss-reactive ketones (excluding diaryl/α,β-unsaturated/α-hetero) is 1. The smallest absolute Gasteiger partial charge is 0.340 e. The van der Waals surface area contributed by atoms with Crippen molar-refractivity contribution in [2.45, 2.75) is 40.0 Å². The Kier molecular flexibility index (Phi) is 12.2. The van der Waals surface area contributed by atoms with E-state index in [0.29, 0.717) is 5.56 Å². The number of allylic oxidation sites excluding steroid dienone is 2. The van der Waals surface area contributed by atoms with Crippen molar-refractivity contribution >= 4 is 58.3 Å². The van der Waals surface area contributed by atoms with Crippen molar-refractivity contribution in [3.63, 3.8) is 0 Å². The van der Waals surface area contributed by atoms with Crippen molar-refractivity contribution in [1.29, 1.82) is 0 Å². The first kappa shape index (κ1) is 40.2. The van der Waals surface area contributed by atoms with Crippen LogP contribution >= 0.6 is 0 Å². The van der Waals surface area contributed by atoms with E-state index in [9.17, 15) is 38.9 Å². The van der Waals surface area contributed by atoms with E-state index in [1.54, 1.807) is 52.0 Å². The number of ether oxygens (including phenoxy) is 3. The minimum Gasteiger partial charge on any atom is -0.465 e. The van der Waals surface area contributed by atoms with Crippen LogP contribution in [0.1, 0.15) is 59.5 Å². The second kappa shape index (κ2) is 17.0. The minimum absolute atomic E-state index is 0.00872. The number of hydrogen-bond acceptors (Lipinski definition) is 13. The highest BCUT2D eigenvalue weighted by Crippen LogP contribution is 2.42. The summed E-state index contributed by atoms with van der Waals surface area (Å²) in [6, 6.07) is 16.2. The molecular weight excluding hydrogens is 726 g/mol. The van der Waals surface area contributed by atoms with E-state index in [-0.39, 0.29) is 83.8 Å². The quantitative estimate of drug-likeness (QED) is 0.0772. The molecule has 0 saturated carbocycles. The molecule has 0 saturated heterocycles. The lowest BCUT2D eigenvalue weighted by molar-refractivity contribution is -0.384. The van der Waals surface area contributed by atoms with Gasteiger partial charge >= 0.3 is 17.9 Å². The first-order valence-corrected chi connectivity index (χ1v) is 17.6. The maximum absolute atomic E-state index is 14.3. The number of hydrogen-bond donors (Lipinski definition) is 2. The molecule has 16 nitrogen and oxygen atoms in total. The Morgan fingerprint density at radius 1 is 0.893 bits per heavy atom. The summed E-state index contributed by atoms with van der Waals surface area (Å²) in [6.07, 6.45) is 1.23. The number of non-ortho nitro benzene ring substituents is 1. The second-order valence-electron chi connectivity index (χ2n) is 12.7. The number of aliphatic imine (C=N–C) groups is 1. The zero-order valence-electron chi connectivity index (χ0n) is 31.3. The molecule has 0 bridgehead atoms. The number of ketones is 1. The van der Waals surface area contributed by atoms with Gasteiger partial charge in [0.25, 0.3) is 11.6 Å². The number of nitrogens with zero attached hydrogens (tertiary/aromatic N) is 3. The van der Waals surface area contributed by atoms with E-state index < -0.39 is 45.8 Å². The van der Waals surface area contributed by atoms with Crippen molar-refractivity contribution in [1.82, 2.24) is 10.6 Å². The van der Waals surface area contributed by atoms with Gasteiger partial charge < -0.3 is 29.7 Å². The highest BCUT2D eigenvalue weighted by Gasteiger charge is 2.52. The number of amides is 2. The molecule has 1 aliphatic heterocycles. The number of esters is 3. The monoisotopic (exact) mass is 765 g/mol. The van der Waals surface area contributed by atoms with Crippen LogP contribution in [0.2, 0.25) is 0 Å². The SMILES string of the molecule is CCOC(=O)CN(CC(=O)OCC)c1ccc(N=C2C=C(NC(=O)c3cccc([N+](=O)[O-])c3)C(=O)C3=C2NC(=O)C3(C)c2ccc(C)cc2)c(C(=O)OCC)c1. The van der Waals surface area contributed by atoms with Crippen LogP contribution in [0, 0.1) is 17.0 Å². The van der Waals surface area contributed by atoms with Crippen LogP contribution in [0.25, 0.3) is 0 Å². The van der Waals surface area contributed by atoms with Gasteiger partial charge in [0.1, 0.15) is 18.5 Å². The van der Waals surface area contributed by atoms with Crippen molar-refractivity contribution in [3.05, 3.63) is 122 Å². The normalized spacial score (nSPS) is 16.7. The van der Waals surface area contributed by atoms with Crippen LogP contribution in [0.15, 0.2) is 94.8 Å². The number of rotatable bonds is 14. The lowest BCUT2D eigenvalue weighted by Gasteiger charge is -2.27. The molecule has 2 aliphatic rings. The number of anilines is 1. The maximum atomic E-state index is 14.3. The van der Waals surface area contributed by atoms with Gasteiger partial charge in [-0.15, -0.1) is 0 Å². The summed E-state index contributed by atoms with van der Waals surface area (Å²) in [6.45, 7) is 7.76. The van der Waals surface area contributed by atoms with Gasteiger partial charge in [0, 0.05) is 29.0 Å². The van der Waals surface area contributed by atoms with Gasteiger partial charge in [-0.05, 0) is 70.5 Å². The molecule has 2 N–H and O–H groups in total. The molecule has 0 aromatic heterocycles. The van der Waals surface area contributed by atoms with E-state index in [1.165, 1.54) is 47.4 Å². The molecule has 16 heteroatoms. The predicted octanol–water partition coefficient (Wildman–Crippen LogP) is 4.32. The molecule has 3 aromatic rings. The Morgan fingerprint density at radius 3 is 2.14 bits per heavy atom. The van der Waals surface area contributed by atoms with Gasteiger partial charge in [-0.2, -0.15) is 0 Å². The summed E-state index contributed by atoms with van der Waals surface area (Å²) in [4.78, 5) is 97.1. The molecule has 0 spiro atoms. The Bertz CT molecular complexity index is 2200. The van der Waals surface area contributed by atoms with Crippen LogP contribution in [0.5, 0.6) is 0 Å². The third kappa shape index (κ3) is 8.38. The number of nitro benzene ring substituents is 1. The lowest BCUT2D eigenvalue weighted by atomic mass is 9.73. The number of nitrogens with one attached hydrogen (secondary N) is 2. The van der Waals surface area contributed by atoms with E-state index in [1.807, 2.05) is 6.92 Å². The fourth-order valence-electron chi connectivity index (χ4n) is 6.19. The second-order valence-corrected chi connectivity index (χ2v) is 12.7. The van der Waals surface area contributed by atoms with Gasteiger partial charge in [-0.25, -0.2) is 9.79 Å². The molecule has 1 atom stereocenters. The van der Waals surface area contributed by atoms with Crippen LogP contribution in [0.3, 0.4) is 0 Å². The highest BCUT2D eigenvalue weighted by molar-refractivity contribution is 6.31. The largest absolute Gasteiger partial charge is 0.465 e. The average Bonchev–Trinajstić information content (AvgIpc) is 3.44. The molecule has 56 heavy (non-hydrogen) atoms. The highest BCUT2D eigenvalue weighted by atomic mass is 16.6. The fourth-order valence-corrected chi connectivity index (χ4v) is 6.19. The Morgan fingerprint density at radius 2 is 1.54 bits per heavy atom. The van der Waals surface area contributed by atoms with E-state index >= 15 is 0 Å². The number of benzene rings is 3. The Balaban J connectivity index is 1.68. The topological polar surface area (TPSA) is 213 Å². The van der Waals surface area contributed by atoms with Crippen molar-refractivity contribution in [2.24, 2.45) is 4.99 Å². The van der Waals surface area contributed by atoms with Crippen LogP contribution < -0.4 is 15.5 Å². The summed E-state index contributed by atoms with van der Waals surface area (Å²) in [7, 11) is 0. The van der Waals surface area contributed by atoms with Crippen molar-refractivity contribution in [2.75, 3.05) is 37.8 Å². The molecule has 5 rings (SSSR count). The number of aryl methyl sites for hydroxylation is 1. The van der Waals surface area contributed by atoms with E-state index in [0.717, 1.165) is 11.6 Å². The average molecular weight is 766 g/mol. The maximum Gasteiger partial charge on any atom is 0.340 e. The van der Waals surface area contributed by atoms with Gasteiger partial charge in [-0.3, -0.25) is 34.1 Å². The summed E-state index contributed by atoms with van der Waals surface area (Å²) in [5, 5.41) is 16.7. The number of carbonyl (C=O) groups is 6. The summed E-state index contributed by atoms with van der Waals surface area (Å²) in [5.41, 5.74) is -0.798. The summed E-state index contributed by atoms with van der Waals surface area (Å²) in [5.74, 6) is -4.20. The van der Waals surface area contributed by atoms with Crippen molar-refractivity contribution in [3.8, 4) is 0 Å². The van der Waals surface area contributed by atoms with Crippen molar-refractivity contribution < 1.29 is 47.9 Å². The fraction of sp³-hybridized carbons (Fsp3) is 0.275. The standard InChI is InChI=1S/C40H39N5O11/c1-6-54-32(46)21-44(22-33(47)55-7-2)26-16-17-29(28(19-26)38(50)56-8-3)41-30-20-31(42-37(49)24-10-9-11-27(18-24)45(52)53)36(48)34-35(30)43-39(51)40(34,5)25-14-12-23(4)13-15-25/h9-20H,6-8,21-22H2,1-5H3,(H,42,49)(H,43,51). The van der Waals surface area contributed by atoms with Crippen LogP contribution in [-0.2, 0) is 38.8 Å². The third-order valence-electron chi connectivity index (χ3n) is 8.98. The van der Waals surface area contributed by atoms with E-state index in [4.69, 9.17) is 19.2 Å². The first-order chi connectivity index (χ1) is 26.7. The molecule has 1 aliphatic carbocycles. The summed E-state index contributed by atoms with van der Waals surface area (Å²) < 4.78 is 15.5. The van der Waals surface area contributed by atoms with Gasteiger partial charge in [-0.1, -0.05) is 35.9 Å². The molecule has 1 unspecified atom stereocenters. The molecule has 2 amide bonds. The summed E-state index contributed by atoms with van der Waals surface area (Å²) >= 11 is 0. The van der Waals surface area contributed by atoms with Crippen LogP contribution in [0.4, 0.5) is 17.1 Å². The lowest BCUT2D eigenvalue weighted by Crippen LogP contribution is -2.39. The minimum atomic E-state index is -1.56. The molecule has 0 fully saturated rings. The van der Waals surface area contributed by atoms with Gasteiger partial charge in [0.2, 0.25) is 11.7 Å². The number of carbonyl (C=O) groups excluding carboxylic acids is 6. The zero-order chi connectivity index (χ0) is 40.7. The third-order valence-corrected chi connectivity index (χ3v) is 8.98. The molecule has 3 aromatic carbocycles. The van der Waals surface area contributed by atoms with Gasteiger partial charge in [0.15, 0.2) is 0 Å². The Labute approximate surface area is 321 Å². The van der Waals surface area contributed by atoms with Crippen LogP contribution in [-0.4, -0.2) is 79.1 Å². The predicted molar refractivity (Wildman–Crippen MR) is 202 cm³/mol. The molecule has 290 valence electrons. The first-order valence-electron chi connectivity index (χ1n) is 17.6. The molecular formula is C40H39N5O11. The van der Waals surface area contributed by atoms with E-state index in [2.05, 4.69) is 10.6 Å². The molecule has 0 radical (unpaired) electrons.